The van der Waals surface area contributed by atoms with Gasteiger partial charge in [0.1, 0.15) is 0 Å². The van der Waals surface area contributed by atoms with Crippen LogP contribution in [0.25, 0.3) is 6.08 Å². The minimum absolute atomic E-state index is 0.233. The molecule has 0 spiro atoms. The minimum Gasteiger partial charge on any atom is -0.493 e. The van der Waals surface area contributed by atoms with Crippen LogP contribution in [0.3, 0.4) is 0 Å². The first-order valence-corrected chi connectivity index (χ1v) is 8.34. The zero-order chi connectivity index (χ0) is 17.9. The molecule has 1 rings (SSSR count). The molecule has 132 valence electrons. The molecule has 0 heterocycles. The molecular formula is C17H22BrNO5. The fourth-order valence-corrected chi connectivity index (χ4v) is 2.47. The monoisotopic (exact) mass is 399 g/mol. The van der Waals surface area contributed by atoms with Gasteiger partial charge in [0.05, 0.1) is 25.3 Å². The second kappa shape index (κ2) is 10.7. The maximum atomic E-state index is 11.8. The number of rotatable bonds is 9. The molecule has 0 unspecified atom stereocenters. The predicted octanol–water partition coefficient (Wildman–Crippen LogP) is 2.94. The minimum atomic E-state index is -0.286. The molecule has 0 radical (unpaired) electrons. The fourth-order valence-electron chi connectivity index (χ4n) is 1.90. The van der Waals surface area contributed by atoms with Crippen molar-refractivity contribution in [2.75, 3.05) is 27.4 Å². The first kappa shape index (κ1) is 20.0. The molecular weight excluding hydrogens is 378 g/mol. The summed E-state index contributed by atoms with van der Waals surface area (Å²) < 4.78 is 16.1. The van der Waals surface area contributed by atoms with Crippen LogP contribution >= 0.6 is 15.9 Å². The van der Waals surface area contributed by atoms with Gasteiger partial charge in [0, 0.05) is 19.0 Å². The third kappa shape index (κ3) is 6.62. The van der Waals surface area contributed by atoms with Crippen LogP contribution in [-0.2, 0) is 14.3 Å². The van der Waals surface area contributed by atoms with Gasteiger partial charge in [-0.3, -0.25) is 9.59 Å². The van der Waals surface area contributed by atoms with E-state index in [0.717, 1.165) is 10.0 Å². The van der Waals surface area contributed by atoms with Gasteiger partial charge in [0.25, 0.3) is 0 Å². The average Bonchev–Trinajstić information content (AvgIpc) is 2.58. The van der Waals surface area contributed by atoms with E-state index >= 15 is 0 Å². The number of esters is 1. The highest BCUT2D eigenvalue weighted by Crippen LogP contribution is 2.36. The highest BCUT2D eigenvalue weighted by molar-refractivity contribution is 9.10. The van der Waals surface area contributed by atoms with E-state index < -0.39 is 0 Å². The van der Waals surface area contributed by atoms with Crippen molar-refractivity contribution < 1.29 is 23.8 Å². The molecule has 0 aliphatic rings. The Bertz CT molecular complexity index is 601. The average molecular weight is 400 g/mol. The van der Waals surface area contributed by atoms with Gasteiger partial charge in [0.2, 0.25) is 5.91 Å². The van der Waals surface area contributed by atoms with E-state index in [2.05, 4.69) is 26.0 Å². The Hall–Kier alpha value is -2.02. The molecule has 0 saturated carbocycles. The van der Waals surface area contributed by atoms with E-state index in [-0.39, 0.29) is 18.3 Å². The number of halogens is 1. The summed E-state index contributed by atoms with van der Waals surface area (Å²) in [5, 5.41) is 2.71. The molecule has 0 bridgehead atoms. The number of carbonyl (C=O) groups is 2. The van der Waals surface area contributed by atoms with Crippen LogP contribution < -0.4 is 14.8 Å². The van der Waals surface area contributed by atoms with Crippen molar-refractivity contribution in [3.63, 3.8) is 0 Å². The maximum Gasteiger partial charge on any atom is 0.305 e. The SMILES string of the molecule is CCOc1c(Br)cc(/C=C/C(=O)NCCCC(=O)OC)cc1OC. The number of nitrogens with one attached hydrogen (secondary N) is 1. The summed E-state index contributed by atoms with van der Waals surface area (Å²) in [5.41, 5.74) is 0.798. The quantitative estimate of drug-likeness (QED) is 0.392. The van der Waals surface area contributed by atoms with Crippen molar-refractivity contribution >= 4 is 33.9 Å². The van der Waals surface area contributed by atoms with Crippen molar-refractivity contribution in [2.24, 2.45) is 0 Å². The topological polar surface area (TPSA) is 73.9 Å². The largest absolute Gasteiger partial charge is 0.493 e. The highest BCUT2D eigenvalue weighted by Gasteiger charge is 2.10. The summed E-state index contributed by atoms with van der Waals surface area (Å²) in [7, 11) is 2.90. The summed E-state index contributed by atoms with van der Waals surface area (Å²) in [6, 6.07) is 3.63. The second-order valence-corrected chi connectivity index (χ2v) is 5.63. The molecule has 1 N–H and O–H groups in total. The van der Waals surface area contributed by atoms with Crippen LogP contribution in [0, 0.1) is 0 Å². The summed E-state index contributed by atoms with van der Waals surface area (Å²) in [5.74, 6) is 0.698. The van der Waals surface area contributed by atoms with Crippen molar-refractivity contribution in [3.8, 4) is 11.5 Å². The lowest BCUT2D eigenvalue weighted by atomic mass is 10.2. The normalized spacial score (nSPS) is 10.5. The third-order valence-corrected chi connectivity index (χ3v) is 3.64. The number of amides is 1. The molecule has 1 aromatic carbocycles. The lowest BCUT2D eigenvalue weighted by molar-refractivity contribution is -0.140. The smallest absolute Gasteiger partial charge is 0.305 e. The van der Waals surface area contributed by atoms with Gasteiger partial charge < -0.3 is 19.5 Å². The lowest BCUT2D eigenvalue weighted by Crippen LogP contribution is -2.22. The Labute approximate surface area is 150 Å². The first-order valence-electron chi connectivity index (χ1n) is 7.54. The summed E-state index contributed by atoms with van der Waals surface area (Å²) in [6.07, 6.45) is 3.93. The number of benzene rings is 1. The van der Waals surface area contributed by atoms with Gasteiger partial charge in [-0.2, -0.15) is 0 Å². The zero-order valence-electron chi connectivity index (χ0n) is 14.1. The first-order chi connectivity index (χ1) is 11.5. The van der Waals surface area contributed by atoms with Crippen molar-refractivity contribution in [3.05, 3.63) is 28.2 Å². The number of ether oxygens (including phenoxy) is 3. The molecule has 0 atom stereocenters. The molecule has 24 heavy (non-hydrogen) atoms. The van der Waals surface area contributed by atoms with Gasteiger partial charge >= 0.3 is 5.97 Å². The van der Waals surface area contributed by atoms with Crippen LogP contribution in [0.15, 0.2) is 22.7 Å². The Kier molecular flexibility index (Phi) is 8.93. The van der Waals surface area contributed by atoms with E-state index in [1.54, 1.807) is 19.3 Å². The van der Waals surface area contributed by atoms with E-state index in [4.69, 9.17) is 9.47 Å². The van der Waals surface area contributed by atoms with Crippen LogP contribution in [-0.4, -0.2) is 39.2 Å². The van der Waals surface area contributed by atoms with Crippen LogP contribution in [0.4, 0.5) is 0 Å². The summed E-state index contributed by atoms with van der Waals surface area (Å²) in [4.78, 5) is 22.7. The fraction of sp³-hybridized carbons (Fsp3) is 0.412. The highest BCUT2D eigenvalue weighted by atomic mass is 79.9. The molecule has 1 aromatic rings. The number of carbonyl (C=O) groups excluding carboxylic acids is 2. The molecule has 0 aliphatic heterocycles. The molecule has 0 aromatic heterocycles. The molecule has 0 aliphatic carbocycles. The number of methoxy groups -OCH3 is 2. The van der Waals surface area contributed by atoms with Gasteiger partial charge in [-0.05, 0) is 53.0 Å². The van der Waals surface area contributed by atoms with Gasteiger partial charge in [-0.15, -0.1) is 0 Å². The Morgan fingerprint density at radius 2 is 2.04 bits per heavy atom. The Morgan fingerprint density at radius 1 is 1.29 bits per heavy atom. The van der Waals surface area contributed by atoms with Crippen molar-refractivity contribution in [2.45, 2.75) is 19.8 Å². The van der Waals surface area contributed by atoms with Crippen molar-refractivity contribution in [1.29, 1.82) is 0 Å². The van der Waals surface area contributed by atoms with Gasteiger partial charge in [-0.1, -0.05) is 0 Å². The summed E-state index contributed by atoms with van der Waals surface area (Å²) >= 11 is 3.44. The standard InChI is InChI=1S/C17H22BrNO5/c1-4-24-17-13(18)10-12(11-14(17)22-2)7-8-15(20)19-9-5-6-16(21)23-3/h7-8,10-11H,4-6,9H2,1-3H3,(H,19,20)/b8-7+. The lowest BCUT2D eigenvalue weighted by Gasteiger charge is -2.12. The van der Waals surface area contributed by atoms with E-state index in [1.807, 2.05) is 13.0 Å². The molecule has 1 amide bonds. The maximum absolute atomic E-state index is 11.8. The number of hydrogen-bond donors (Lipinski definition) is 1. The van der Waals surface area contributed by atoms with Crippen LogP contribution in [0.1, 0.15) is 25.3 Å². The van der Waals surface area contributed by atoms with E-state index in [0.29, 0.717) is 31.1 Å². The second-order valence-electron chi connectivity index (χ2n) is 4.77. The van der Waals surface area contributed by atoms with E-state index in [9.17, 15) is 9.59 Å². The molecule has 7 heteroatoms. The van der Waals surface area contributed by atoms with Gasteiger partial charge in [0.15, 0.2) is 11.5 Å². The van der Waals surface area contributed by atoms with Crippen LogP contribution in [0.5, 0.6) is 11.5 Å². The van der Waals surface area contributed by atoms with E-state index in [1.165, 1.54) is 13.2 Å². The van der Waals surface area contributed by atoms with Crippen LogP contribution in [0.2, 0.25) is 0 Å². The third-order valence-electron chi connectivity index (χ3n) is 3.05. The predicted molar refractivity (Wildman–Crippen MR) is 95.2 cm³/mol. The molecule has 0 saturated heterocycles. The number of hydrogen-bond acceptors (Lipinski definition) is 5. The van der Waals surface area contributed by atoms with Gasteiger partial charge in [-0.25, -0.2) is 0 Å². The molecule has 6 nitrogen and oxygen atoms in total. The summed E-state index contributed by atoms with van der Waals surface area (Å²) in [6.45, 7) is 2.83. The molecule has 0 fully saturated rings. The Morgan fingerprint density at radius 3 is 2.67 bits per heavy atom. The Balaban J connectivity index is 2.61. The van der Waals surface area contributed by atoms with Crippen molar-refractivity contribution in [1.82, 2.24) is 5.32 Å². The zero-order valence-corrected chi connectivity index (χ0v) is 15.6.